The summed E-state index contributed by atoms with van der Waals surface area (Å²) in [5, 5.41) is 9.54. The van der Waals surface area contributed by atoms with Crippen LogP contribution in [-0.2, 0) is 4.79 Å². The molecule has 2 heterocycles. The highest BCUT2D eigenvalue weighted by molar-refractivity contribution is 5.72. The summed E-state index contributed by atoms with van der Waals surface area (Å²) in [4.78, 5) is 13.7. The molecule has 6 heteroatoms. The number of benzene rings is 1. The first-order valence-electron chi connectivity index (χ1n) is 7.47. The molecule has 0 amide bonds. The van der Waals surface area contributed by atoms with Gasteiger partial charge in [0.1, 0.15) is 0 Å². The molecule has 1 fully saturated rings. The molecule has 1 aromatic carbocycles. The van der Waals surface area contributed by atoms with Crippen molar-refractivity contribution in [3.8, 4) is 11.5 Å². The van der Waals surface area contributed by atoms with Crippen molar-refractivity contribution in [3.05, 3.63) is 23.8 Å². The van der Waals surface area contributed by atoms with Crippen LogP contribution < -0.4 is 15.2 Å². The van der Waals surface area contributed by atoms with Gasteiger partial charge in [-0.25, -0.2) is 0 Å². The Morgan fingerprint density at radius 1 is 1.36 bits per heavy atom. The van der Waals surface area contributed by atoms with Gasteiger partial charge < -0.3 is 25.2 Å². The number of carboxylic acid groups (broad SMARTS) is 1. The van der Waals surface area contributed by atoms with Crippen LogP contribution >= 0.6 is 0 Å². The predicted molar refractivity (Wildman–Crippen MR) is 81.1 cm³/mol. The zero-order valence-electron chi connectivity index (χ0n) is 12.9. The van der Waals surface area contributed by atoms with E-state index in [2.05, 4.69) is 4.90 Å². The second kappa shape index (κ2) is 5.44. The number of hydrogen-bond donors (Lipinski definition) is 2. The second-order valence-electron chi connectivity index (χ2n) is 6.85. The Morgan fingerprint density at radius 3 is 2.77 bits per heavy atom. The van der Waals surface area contributed by atoms with E-state index in [1.165, 1.54) is 0 Å². The van der Waals surface area contributed by atoms with E-state index in [-0.39, 0.29) is 18.2 Å². The fourth-order valence-electron chi connectivity index (χ4n) is 3.32. The van der Waals surface area contributed by atoms with Crippen LogP contribution in [0, 0.1) is 5.92 Å². The zero-order chi connectivity index (χ0) is 15.9. The fourth-order valence-corrected chi connectivity index (χ4v) is 3.32. The van der Waals surface area contributed by atoms with Crippen molar-refractivity contribution in [2.75, 3.05) is 26.4 Å². The molecule has 2 aliphatic rings. The first-order chi connectivity index (χ1) is 10.3. The minimum absolute atomic E-state index is 0.0608. The van der Waals surface area contributed by atoms with Crippen molar-refractivity contribution in [2.45, 2.75) is 25.3 Å². The van der Waals surface area contributed by atoms with E-state index in [9.17, 15) is 9.90 Å². The molecule has 0 unspecified atom stereocenters. The molecule has 22 heavy (non-hydrogen) atoms. The van der Waals surface area contributed by atoms with E-state index in [0.29, 0.717) is 31.1 Å². The smallest absolute Gasteiger partial charge is 0.308 e. The third kappa shape index (κ3) is 3.03. The number of nitrogens with zero attached hydrogens (tertiary/aromatic N) is 1. The van der Waals surface area contributed by atoms with Crippen LogP contribution in [-0.4, -0.2) is 47.9 Å². The van der Waals surface area contributed by atoms with Crippen LogP contribution in [0.5, 0.6) is 11.5 Å². The van der Waals surface area contributed by atoms with E-state index in [1.807, 2.05) is 32.0 Å². The highest BCUT2D eigenvalue weighted by atomic mass is 16.7. The van der Waals surface area contributed by atoms with Gasteiger partial charge in [0.2, 0.25) is 6.79 Å². The number of fused-ring (bicyclic) bond motifs is 1. The van der Waals surface area contributed by atoms with Crippen molar-refractivity contribution in [3.63, 3.8) is 0 Å². The maximum Gasteiger partial charge on any atom is 0.308 e. The molecule has 0 aromatic heterocycles. The number of carbonyl (C=O) groups is 1. The van der Waals surface area contributed by atoms with Crippen LogP contribution in [0.2, 0.25) is 0 Å². The van der Waals surface area contributed by atoms with E-state index in [4.69, 9.17) is 15.2 Å². The Balaban J connectivity index is 1.83. The number of ether oxygens (including phenoxy) is 2. The third-order valence-corrected chi connectivity index (χ3v) is 4.17. The summed E-state index contributed by atoms with van der Waals surface area (Å²) in [5.41, 5.74) is 6.71. The lowest BCUT2D eigenvalue weighted by Gasteiger charge is -2.26. The van der Waals surface area contributed by atoms with Crippen molar-refractivity contribution in [1.29, 1.82) is 0 Å². The molecule has 0 saturated carbocycles. The lowest BCUT2D eigenvalue weighted by atomic mass is 9.89. The quantitative estimate of drug-likeness (QED) is 0.871. The predicted octanol–water partition coefficient (Wildman–Crippen LogP) is 1.25. The van der Waals surface area contributed by atoms with Crippen LogP contribution in [0.3, 0.4) is 0 Å². The average molecular weight is 306 g/mol. The summed E-state index contributed by atoms with van der Waals surface area (Å²) in [5.74, 6) is 0.157. The normalized spacial score (nSPS) is 24.7. The molecule has 0 radical (unpaired) electrons. The van der Waals surface area contributed by atoms with Crippen molar-refractivity contribution in [1.82, 2.24) is 4.90 Å². The SMILES string of the molecule is CC(C)(N)CN1C[C@@H](C(=O)O)[C@H](c2ccc3c(c2)OCO3)C1. The van der Waals surface area contributed by atoms with Crippen molar-refractivity contribution >= 4 is 5.97 Å². The molecule has 1 saturated heterocycles. The Morgan fingerprint density at radius 2 is 2.09 bits per heavy atom. The van der Waals surface area contributed by atoms with Gasteiger partial charge in [-0.3, -0.25) is 4.79 Å². The van der Waals surface area contributed by atoms with Gasteiger partial charge in [0.05, 0.1) is 5.92 Å². The first kappa shape index (κ1) is 15.1. The van der Waals surface area contributed by atoms with Crippen LogP contribution in [0.25, 0.3) is 0 Å². The molecule has 0 spiro atoms. The number of hydrogen-bond acceptors (Lipinski definition) is 5. The van der Waals surface area contributed by atoms with Gasteiger partial charge in [0.15, 0.2) is 11.5 Å². The Labute approximate surface area is 129 Å². The highest BCUT2D eigenvalue weighted by Crippen LogP contribution is 2.39. The van der Waals surface area contributed by atoms with Crippen LogP contribution in [0.1, 0.15) is 25.3 Å². The molecule has 120 valence electrons. The number of nitrogens with two attached hydrogens (primary N) is 1. The lowest BCUT2D eigenvalue weighted by Crippen LogP contribution is -2.44. The minimum atomic E-state index is -0.764. The van der Waals surface area contributed by atoms with E-state index in [0.717, 1.165) is 5.56 Å². The monoisotopic (exact) mass is 306 g/mol. The van der Waals surface area contributed by atoms with Gasteiger partial charge in [-0.05, 0) is 31.5 Å². The number of carboxylic acids is 1. The Kier molecular flexibility index (Phi) is 3.74. The van der Waals surface area contributed by atoms with E-state index < -0.39 is 11.9 Å². The summed E-state index contributed by atoms with van der Waals surface area (Å²) in [6, 6.07) is 5.69. The molecule has 0 bridgehead atoms. The summed E-state index contributed by atoms with van der Waals surface area (Å²) in [6.07, 6.45) is 0. The maximum absolute atomic E-state index is 11.6. The summed E-state index contributed by atoms with van der Waals surface area (Å²) in [7, 11) is 0. The molecule has 3 rings (SSSR count). The van der Waals surface area contributed by atoms with E-state index >= 15 is 0 Å². The van der Waals surface area contributed by atoms with Crippen molar-refractivity contribution < 1.29 is 19.4 Å². The largest absolute Gasteiger partial charge is 0.481 e. The topological polar surface area (TPSA) is 85.0 Å². The molecular formula is C16H22N2O4. The second-order valence-corrected chi connectivity index (χ2v) is 6.85. The minimum Gasteiger partial charge on any atom is -0.481 e. The molecule has 3 N–H and O–H groups in total. The van der Waals surface area contributed by atoms with Crippen molar-refractivity contribution in [2.24, 2.45) is 11.7 Å². The Hall–Kier alpha value is -1.79. The average Bonchev–Trinajstić information content (AvgIpc) is 3.01. The van der Waals surface area contributed by atoms with Gasteiger partial charge in [0.25, 0.3) is 0 Å². The molecule has 1 aromatic rings. The van der Waals surface area contributed by atoms with Gasteiger partial charge in [0, 0.05) is 31.1 Å². The standard InChI is InChI=1S/C16H22N2O4/c1-16(2,17)8-18-6-11(12(7-18)15(19)20)10-3-4-13-14(5-10)22-9-21-13/h3-5,11-12H,6-9,17H2,1-2H3,(H,19,20)/t11-,12+/m0/s1. The van der Waals surface area contributed by atoms with E-state index in [1.54, 1.807) is 0 Å². The number of rotatable bonds is 4. The maximum atomic E-state index is 11.6. The molecule has 2 atom stereocenters. The fraction of sp³-hybridized carbons (Fsp3) is 0.562. The summed E-state index contributed by atoms with van der Waals surface area (Å²) >= 11 is 0. The van der Waals surface area contributed by atoms with Gasteiger partial charge in [-0.2, -0.15) is 0 Å². The molecular weight excluding hydrogens is 284 g/mol. The molecule has 0 aliphatic carbocycles. The third-order valence-electron chi connectivity index (χ3n) is 4.17. The molecule has 6 nitrogen and oxygen atoms in total. The first-order valence-corrected chi connectivity index (χ1v) is 7.47. The van der Waals surface area contributed by atoms with Gasteiger partial charge in [-0.1, -0.05) is 6.07 Å². The summed E-state index contributed by atoms with van der Waals surface area (Å²) in [6.45, 7) is 6.02. The Bertz CT molecular complexity index is 582. The van der Waals surface area contributed by atoms with Crippen LogP contribution in [0.4, 0.5) is 0 Å². The number of likely N-dealkylation sites (tertiary alicyclic amines) is 1. The zero-order valence-corrected chi connectivity index (χ0v) is 12.9. The lowest BCUT2D eigenvalue weighted by molar-refractivity contribution is -0.141. The highest BCUT2D eigenvalue weighted by Gasteiger charge is 2.40. The van der Waals surface area contributed by atoms with Gasteiger partial charge >= 0.3 is 5.97 Å². The van der Waals surface area contributed by atoms with Crippen LogP contribution in [0.15, 0.2) is 18.2 Å². The summed E-state index contributed by atoms with van der Waals surface area (Å²) < 4.78 is 10.7. The van der Waals surface area contributed by atoms with Gasteiger partial charge in [-0.15, -0.1) is 0 Å². The number of aliphatic carboxylic acids is 1. The molecule has 2 aliphatic heterocycles.